The number of esters is 1. The van der Waals surface area contributed by atoms with Crippen LogP contribution < -0.4 is 5.32 Å². The van der Waals surface area contributed by atoms with Crippen LogP contribution in [-0.4, -0.2) is 30.5 Å². The summed E-state index contributed by atoms with van der Waals surface area (Å²) in [6, 6.07) is 18.6. The van der Waals surface area contributed by atoms with E-state index in [1.807, 2.05) is 62.4 Å². The second-order valence-corrected chi connectivity index (χ2v) is 7.43. The van der Waals surface area contributed by atoms with Crippen molar-refractivity contribution in [1.29, 1.82) is 0 Å². The van der Waals surface area contributed by atoms with Gasteiger partial charge in [0.15, 0.2) is 0 Å². The molecule has 1 saturated heterocycles. The van der Waals surface area contributed by atoms with Crippen molar-refractivity contribution in [2.75, 3.05) is 0 Å². The molecule has 1 amide bonds. The largest absolute Gasteiger partial charge is 0.445 e. The number of carbonyl (C=O) groups is 2. The Labute approximate surface area is 171 Å². The van der Waals surface area contributed by atoms with E-state index in [1.54, 1.807) is 0 Å². The molecule has 6 heteroatoms. The molecule has 0 bridgehead atoms. The van der Waals surface area contributed by atoms with Crippen LogP contribution in [0.3, 0.4) is 0 Å². The molecular formula is C23H27NO5. The summed E-state index contributed by atoms with van der Waals surface area (Å²) in [5.74, 6) is -0.655. The quantitative estimate of drug-likeness (QED) is 0.514. The van der Waals surface area contributed by atoms with E-state index in [4.69, 9.17) is 14.2 Å². The van der Waals surface area contributed by atoms with E-state index in [0.29, 0.717) is 0 Å². The number of alkyl carbamates (subject to hydrolysis) is 1. The second-order valence-electron chi connectivity index (χ2n) is 7.43. The summed E-state index contributed by atoms with van der Waals surface area (Å²) in [5, 5.41) is 2.60. The van der Waals surface area contributed by atoms with Crippen molar-refractivity contribution in [2.45, 2.75) is 51.7 Å². The van der Waals surface area contributed by atoms with Gasteiger partial charge in [-0.25, -0.2) is 9.59 Å². The van der Waals surface area contributed by atoms with Gasteiger partial charge in [0.05, 0.1) is 0 Å². The van der Waals surface area contributed by atoms with E-state index in [0.717, 1.165) is 18.4 Å². The predicted octanol–water partition coefficient (Wildman–Crippen LogP) is 3.84. The lowest BCUT2D eigenvalue weighted by atomic mass is 10.1. The molecule has 0 radical (unpaired) electrons. The van der Waals surface area contributed by atoms with Crippen LogP contribution in [-0.2, 0) is 32.0 Å². The molecule has 0 aromatic heterocycles. The number of carbonyl (C=O) groups excluding carboxylic acids is 2. The molecule has 1 fully saturated rings. The van der Waals surface area contributed by atoms with Crippen molar-refractivity contribution in [3.8, 4) is 0 Å². The highest BCUT2D eigenvalue weighted by molar-refractivity contribution is 5.81. The Hall–Kier alpha value is -2.86. The maximum Gasteiger partial charge on any atom is 0.408 e. The van der Waals surface area contributed by atoms with Crippen LogP contribution in [0.4, 0.5) is 4.79 Å². The fraction of sp³-hybridized carbons (Fsp3) is 0.391. The minimum atomic E-state index is -0.794. The van der Waals surface area contributed by atoms with Crippen LogP contribution in [0.1, 0.15) is 31.4 Å². The van der Waals surface area contributed by atoms with Crippen LogP contribution in [0, 0.1) is 5.92 Å². The van der Waals surface area contributed by atoms with Gasteiger partial charge in [-0.2, -0.15) is 0 Å². The summed E-state index contributed by atoms with van der Waals surface area (Å²) in [6.45, 7) is 3.81. The molecule has 1 N–H and O–H groups in total. The van der Waals surface area contributed by atoms with Gasteiger partial charge < -0.3 is 19.5 Å². The van der Waals surface area contributed by atoms with Gasteiger partial charge >= 0.3 is 12.1 Å². The molecule has 1 aliphatic rings. The number of nitrogens with one attached hydrogen (secondary N) is 1. The van der Waals surface area contributed by atoms with Crippen molar-refractivity contribution in [3.63, 3.8) is 0 Å². The number of aryl methyl sites for hydroxylation is 1. The van der Waals surface area contributed by atoms with Gasteiger partial charge in [-0.3, -0.25) is 0 Å². The Bertz CT molecular complexity index is 793. The Balaban J connectivity index is 1.41. The van der Waals surface area contributed by atoms with Crippen LogP contribution in [0.15, 0.2) is 60.7 Å². The number of ether oxygens (including phenoxy) is 3. The van der Waals surface area contributed by atoms with Gasteiger partial charge in [-0.15, -0.1) is 0 Å². The highest BCUT2D eigenvalue weighted by Crippen LogP contribution is 2.28. The third-order valence-electron chi connectivity index (χ3n) is 4.74. The average molecular weight is 397 g/mol. The van der Waals surface area contributed by atoms with Gasteiger partial charge in [0.25, 0.3) is 0 Å². The molecule has 6 nitrogen and oxygen atoms in total. The molecule has 3 atom stereocenters. The Kier molecular flexibility index (Phi) is 7.25. The fourth-order valence-corrected chi connectivity index (χ4v) is 2.97. The molecule has 1 heterocycles. The van der Waals surface area contributed by atoms with Gasteiger partial charge in [0.2, 0.25) is 6.29 Å². The molecular weight excluding hydrogens is 370 g/mol. The first-order valence-corrected chi connectivity index (χ1v) is 9.90. The summed E-state index contributed by atoms with van der Waals surface area (Å²) in [4.78, 5) is 24.6. The summed E-state index contributed by atoms with van der Waals surface area (Å²) in [6.07, 6.45) is 0.339. The summed E-state index contributed by atoms with van der Waals surface area (Å²) >= 11 is 0. The van der Waals surface area contributed by atoms with Crippen molar-refractivity contribution in [1.82, 2.24) is 5.32 Å². The molecule has 29 heavy (non-hydrogen) atoms. The van der Waals surface area contributed by atoms with E-state index in [1.165, 1.54) is 5.56 Å². The molecule has 2 aromatic rings. The fourth-order valence-electron chi connectivity index (χ4n) is 2.97. The van der Waals surface area contributed by atoms with Crippen LogP contribution in [0.2, 0.25) is 0 Å². The lowest BCUT2D eigenvalue weighted by Gasteiger charge is -2.20. The smallest absolute Gasteiger partial charge is 0.408 e. The van der Waals surface area contributed by atoms with E-state index < -0.39 is 24.4 Å². The van der Waals surface area contributed by atoms with Crippen LogP contribution >= 0.6 is 0 Å². The number of benzene rings is 2. The third-order valence-corrected chi connectivity index (χ3v) is 4.74. The average Bonchev–Trinajstić information content (AvgIpc) is 3.47. The van der Waals surface area contributed by atoms with Crippen molar-refractivity contribution in [2.24, 2.45) is 5.92 Å². The van der Waals surface area contributed by atoms with Gasteiger partial charge in [0.1, 0.15) is 18.8 Å². The molecule has 0 aliphatic carbocycles. The Morgan fingerprint density at radius 3 is 2.24 bits per heavy atom. The molecule has 154 valence electrons. The summed E-state index contributed by atoms with van der Waals surface area (Å²) in [5.41, 5.74) is 2.09. The number of hydrogen-bond donors (Lipinski definition) is 1. The highest BCUT2D eigenvalue weighted by Gasteiger charge is 2.43. The van der Waals surface area contributed by atoms with Crippen LogP contribution in [0.25, 0.3) is 0 Å². The number of hydrogen-bond acceptors (Lipinski definition) is 5. The maximum atomic E-state index is 12.5. The standard InChI is InChI=1S/C23H27NO5/c1-16(2)20(24-23(26)27-15-18-11-7-4-8-12-18)21(25)29-22-19(28-22)14-13-17-9-5-3-6-10-17/h3-12,16,19-20,22H,13-15H2,1-2H3,(H,24,26)/t19-,20+,22+/m1/s1. The van der Waals surface area contributed by atoms with E-state index in [2.05, 4.69) is 17.4 Å². The number of amides is 1. The first-order valence-electron chi connectivity index (χ1n) is 9.90. The first kappa shape index (κ1) is 20.9. The zero-order valence-electron chi connectivity index (χ0n) is 16.7. The minimum Gasteiger partial charge on any atom is -0.445 e. The number of epoxide rings is 1. The SMILES string of the molecule is CC(C)[C@H](NC(=O)OCc1ccccc1)C(=O)O[C@@H]1O[C@@H]1CCc1ccccc1. The lowest BCUT2D eigenvalue weighted by Crippen LogP contribution is -2.45. The summed E-state index contributed by atoms with van der Waals surface area (Å²) in [7, 11) is 0. The van der Waals surface area contributed by atoms with Crippen molar-refractivity contribution < 1.29 is 23.8 Å². The zero-order valence-corrected chi connectivity index (χ0v) is 16.7. The van der Waals surface area contributed by atoms with E-state index in [9.17, 15) is 9.59 Å². The monoisotopic (exact) mass is 397 g/mol. The molecule has 2 aromatic carbocycles. The van der Waals surface area contributed by atoms with Gasteiger partial charge in [-0.1, -0.05) is 74.5 Å². The Morgan fingerprint density at radius 1 is 1.00 bits per heavy atom. The predicted molar refractivity (Wildman–Crippen MR) is 108 cm³/mol. The zero-order chi connectivity index (χ0) is 20.6. The number of rotatable bonds is 9. The third kappa shape index (κ3) is 6.61. The Morgan fingerprint density at radius 2 is 1.62 bits per heavy atom. The minimum absolute atomic E-state index is 0.1000. The highest BCUT2D eigenvalue weighted by atomic mass is 16.8. The maximum absolute atomic E-state index is 12.5. The topological polar surface area (TPSA) is 77.2 Å². The first-order chi connectivity index (χ1) is 14.0. The van der Waals surface area contributed by atoms with E-state index >= 15 is 0 Å². The molecule has 0 saturated carbocycles. The van der Waals surface area contributed by atoms with Crippen molar-refractivity contribution in [3.05, 3.63) is 71.8 Å². The van der Waals surface area contributed by atoms with Crippen LogP contribution in [0.5, 0.6) is 0 Å². The molecule has 3 rings (SSSR count). The van der Waals surface area contributed by atoms with Crippen molar-refractivity contribution >= 4 is 12.1 Å². The molecule has 1 aliphatic heterocycles. The normalized spacial score (nSPS) is 18.7. The second kappa shape index (κ2) is 10.1. The summed E-state index contributed by atoms with van der Waals surface area (Å²) < 4.78 is 16.1. The van der Waals surface area contributed by atoms with Gasteiger partial charge in [0, 0.05) is 0 Å². The van der Waals surface area contributed by atoms with Gasteiger partial charge in [-0.05, 0) is 29.9 Å². The lowest BCUT2D eigenvalue weighted by molar-refractivity contribution is -0.152. The van der Waals surface area contributed by atoms with E-state index in [-0.39, 0.29) is 18.6 Å². The molecule has 0 spiro atoms. The molecule has 0 unspecified atom stereocenters.